The molecule has 0 aromatic heterocycles. The van der Waals surface area contributed by atoms with Gasteiger partial charge in [0.1, 0.15) is 0 Å². The molecule has 0 bridgehead atoms. The molecule has 2 nitrogen and oxygen atoms in total. The quantitative estimate of drug-likeness (QED) is 0.630. The van der Waals surface area contributed by atoms with E-state index in [-0.39, 0.29) is 5.91 Å². The van der Waals surface area contributed by atoms with E-state index in [2.05, 4.69) is 24.3 Å². The summed E-state index contributed by atoms with van der Waals surface area (Å²) in [7, 11) is 0. The van der Waals surface area contributed by atoms with Gasteiger partial charge in [-0.25, -0.2) is 0 Å². The van der Waals surface area contributed by atoms with Gasteiger partial charge in [0.2, 0.25) is 0 Å². The highest BCUT2D eigenvalue weighted by Gasteiger charge is 2.27. The molecule has 0 unspecified atom stereocenters. The van der Waals surface area contributed by atoms with E-state index in [1.54, 1.807) is 0 Å². The number of carbonyl (C=O) groups excluding carboxylic acids is 1. The topological polar surface area (TPSA) is 20.3 Å². The summed E-state index contributed by atoms with van der Waals surface area (Å²) in [6, 6.07) is 24.2. The molecule has 0 saturated carbocycles. The SMILES string of the molecule is Cc1ccccc1C(=O)N1Cc2ccccc2-c2ccccc21. The molecule has 0 saturated heterocycles. The van der Waals surface area contributed by atoms with E-state index in [4.69, 9.17) is 0 Å². The molecule has 0 radical (unpaired) electrons. The predicted octanol–water partition coefficient (Wildman–Crippen LogP) is 4.82. The van der Waals surface area contributed by atoms with Crippen LogP contribution < -0.4 is 4.90 Å². The average Bonchev–Trinajstić information content (AvgIpc) is 2.61. The third-order valence-corrected chi connectivity index (χ3v) is 4.45. The fraction of sp³-hybridized carbons (Fsp3) is 0.0952. The van der Waals surface area contributed by atoms with Crippen molar-refractivity contribution in [1.29, 1.82) is 0 Å². The molecule has 3 aromatic rings. The van der Waals surface area contributed by atoms with Crippen LogP contribution in [-0.2, 0) is 6.54 Å². The highest BCUT2D eigenvalue weighted by Crippen LogP contribution is 2.39. The van der Waals surface area contributed by atoms with Crippen molar-refractivity contribution in [3.05, 3.63) is 89.5 Å². The predicted molar refractivity (Wildman–Crippen MR) is 93.6 cm³/mol. The number of amides is 1. The van der Waals surface area contributed by atoms with Gasteiger partial charge in [0.05, 0.1) is 12.2 Å². The van der Waals surface area contributed by atoms with Crippen molar-refractivity contribution in [2.75, 3.05) is 4.90 Å². The summed E-state index contributed by atoms with van der Waals surface area (Å²) < 4.78 is 0. The molecular formula is C21H17NO. The van der Waals surface area contributed by atoms with Crippen LogP contribution in [0.25, 0.3) is 11.1 Å². The van der Waals surface area contributed by atoms with Gasteiger partial charge in [0.25, 0.3) is 5.91 Å². The summed E-state index contributed by atoms with van der Waals surface area (Å²) in [6.45, 7) is 2.59. The van der Waals surface area contributed by atoms with E-state index >= 15 is 0 Å². The first kappa shape index (κ1) is 13.8. The fourth-order valence-electron chi connectivity index (χ4n) is 3.25. The summed E-state index contributed by atoms with van der Waals surface area (Å²) in [5.74, 6) is 0.0602. The molecular weight excluding hydrogens is 282 g/mol. The molecule has 0 aliphatic carbocycles. The van der Waals surface area contributed by atoms with Gasteiger partial charge in [0.15, 0.2) is 0 Å². The van der Waals surface area contributed by atoms with Crippen molar-refractivity contribution < 1.29 is 4.79 Å². The number of hydrogen-bond donors (Lipinski definition) is 0. The lowest BCUT2D eigenvalue weighted by atomic mass is 9.92. The third kappa shape index (κ3) is 2.23. The first-order chi connectivity index (χ1) is 11.3. The van der Waals surface area contributed by atoms with E-state index < -0.39 is 0 Å². The van der Waals surface area contributed by atoms with Crippen LogP contribution in [0.5, 0.6) is 0 Å². The molecule has 1 aliphatic rings. The Morgan fingerprint density at radius 3 is 2.30 bits per heavy atom. The molecule has 4 rings (SSSR count). The van der Waals surface area contributed by atoms with E-state index in [9.17, 15) is 4.79 Å². The second kappa shape index (κ2) is 5.40. The van der Waals surface area contributed by atoms with Crippen molar-refractivity contribution in [2.45, 2.75) is 13.5 Å². The number of para-hydroxylation sites is 1. The number of anilines is 1. The van der Waals surface area contributed by atoms with Gasteiger partial charge in [-0.2, -0.15) is 0 Å². The van der Waals surface area contributed by atoms with E-state index in [1.807, 2.05) is 60.4 Å². The van der Waals surface area contributed by atoms with Crippen molar-refractivity contribution in [1.82, 2.24) is 0 Å². The van der Waals surface area contributed by atoms with Gasteiger partial charge in [-0.15, -0.1) is 0 Å². The largest absolute Gasteiger partial charge is 0.303 e. The lowest BCUT2D eigenvalue weighted by Gasteiger charge is -2.31. The molecule has 112 valence electrons. The Hall–Kier alpha value is -2.87. The van der Waals surface area contributed by atoms with E-state index in [0.29, 0.717) is 6.54 Å². The average molecular weight is 299 g/mol. The molecule has 1 heterocycles. The second-order valence-corrected chi connectivity index (χ2v) is 5.88. The first-order valence-corrected chi connectivity index (χ1v) is 7.80. The molecule has 0 N–H and O–H groups in total. The van der Waals surface area contributed by atoms with Crippen LogP contribution in [0.15, 0.2) is 72.8 Å². The Labute approximate surface area is 136 Å². The van der Waals surface area contributed by atoms with Crippen molar-refractivity contribution in [3.8, 4) is 11.1 Å². The van der Waals surface area contributed by atoms with Gasteiger partial charge in [-0.1, -0.05) is 60.7 Å². The monoisotopic (exact) mass is 299 g/mol. The summed E-state index contributed by atoms with van der Waals surface area (Å²) in [5.41, 5.74) is 6.29. The number of rotatable bonds is 1. The molecule has 2 heteroatoms. The van der Waals surface area contributed by atoms with Crippen LogP contribution >= 0.6 is 0 Å². The molecule has 0 atom stereocenters. The zero-order valence-electron chi connectivity index (χ0n) is 13.0. The number of hydrogen-bond acceptors (Lipinski definition) is 1. The summed E-state index contributed by atoms with van der Waals surface area (Å²) in [6.07, 6.45) is 0. The first-order valence-electron chi connectivity index (χ1n) is 7.80. The maximum Gasteiger partial charge on any atom is 0.258 e. The standard InChI is InChI=1S/C21H17NO/c1-15-8-2-4-10-17(15)21(23)22-14-16-9-3-5-11-18(16)19-12-6-7-13-20(19)22/h2-13H,14H2,1H3. The van der Waals surface area contributed by atoms with Crippen LogP contribution in [0.4, 0.5) is 5.69 Å². The van der Waals surface area contributed by atoms with Gasteiger partial charge in [-0.05, 0) is 35.7 Å². The zero-order valence-corrected chi connectivity index (χ0v) is 13.0. The summed E-state index contributed by atoms with van der Waals surface area (Å²) >= 11 is 0. The van der Waals surface area contributed by atoms with Crippen LogP contribution in [-0.4, -0.2) is 5.91 Å². The summed E-state index contributed by atoms with van der Waals surface area (Å²) in [4.78, 5) is 15.0. The maximum absolute atomic E-state index is 13.1. The van der Waals surface area contributed by atoms with E-state index in [1.165, 1.54) is 11.1 Å². The van der Waals surface area contributed by atoms with Gasteiger partial charge >= 0.3 is 0 Å². The van der Waals surface area contributed by atoms with Crippen molar-refractivity contribution in [3.63, 3.8) is 0 Å². The second-order valence-electron chi connectivity index (χ2n) is 5.88. The van der Waals surface area contributed by atoms with E-state index in [0.717, 1.165) is 22.4 Å². The van der Waals surface area contributed by atoms with Crippen molar-refractivity contribution >= 4 is 11.6 Å². The van der Waals surface area contributed by atoms with Crippen LogP contribution in [0.1, 0.15) is 21.5 Å². The van der Waals surface area contributed by atoms with Gasteiger partial charge < -0.3 is 4.90 Å². The fourth-order valence-corrected chi connectivity index (χ4v) is 3.25. The normalized spacial score (nSPS) is 12.5. The smallest absolute Gasteiger partial charge is 0.258 e. The number of aryl methyl sites for hydroxylation is 1. The lowest BCUT2D eigenvalue weighted by Crippen LogP contribution is -2.33. The van der Waals surface area contributed by atoms with Crippen LogP contribution in [0.2, 0.25) is 0 Å². The molecule has 1 amide bonds. The Morgan fingerprint density at radius 2 is 1.48 bits per heavy atom. The Morgan fingerprint density at radius 1 is 0.826 bits per heavy atom. The highest BCUT2D eigenvalue weighted by atomic mass is 16.2. The van der Waals surface area contributed by atoms with Crippen molar-refractivity contribution in [2.24, 2.45) is 0 Å². The summed E-state index contributed by atoms with van der Waals surface area (Å²) in [5, 5.41) is 0. The van der Waals surface area contributed by atoms with Crippen LogP contribution in [0, 0.1) is 6.92 Å². The molecule has 0 spiro atoms. The minimum atomic E-state index is 0.0602. The number of carbonyl (C=O) groups is 1. The zero-order chi connectivity index (χ0) is 15.8. The Kier molecular flexibility index (Phi) is 3.23. The Bertz CT molecular complexity index is 898. The number of fused-ring (bicyclic) bond motifs is 3. The Balaban J connectivity index is 1.86. The number of benzene rings is 3. The molecule has 0 fully saturated rings. The minimum absolute atomic E-state index is 0.0602. The van der Waals surface area contributed by atoms with Gasteiger partial charge in [-0.3, -0.25) is 4.79 Å². The molecule has 23 heavy (non-hydrogen) atoms. The lowest BCUT2D eigenvalue weighted by molar-refractivity contribution is 0.0984. The number of nitrogens with zero attached hydrogens (tertiary/aromatic N) is 1. The third-order valence-electron chi connectivity index (χ3n) is 4.45. The molecule has 3 aromatic carbocycles. The molecule has 1 aliphatic heterocycles. The minimum Gasteiger partial charge on any atom is -0.303 e. The van der Waals surface area contributed by atoms with Gasteiger partial charge in [0, 0.05) is 11.1 Å². The van der Waals surface area contributed by atoms with Crippen LogP contribution in [0.3, 0.4) is 0 Å². The highest BCUT2D eigenvalue weighted by molar-refractivity contribution is 6.10. The maximum atomic E-state index is 13.1.